The molecule has 1 amide bonds. The number of hydrogen-bond donors (Lipinski definition) is 0. The smallest absolute Gasteiger partial charge is 0.310 e. The molecule has 4 aromatic rings. The highest BCUT2D eigenvalue weighted by atomic mass is 19.1. The van der Waals surface area contributed by atoms with Crippen LogP contribution in [0.3, 0.4) is 0 Å². The van der Waals surface area contributed by atoms with Gasteiger partial charge in [0.1, 0.15) is 17.3 Å². The van der Waals surface area contributed by atoms with Gasteiger partial charge in [-0.1, -0.05) is 30.3 Å². The van der Waals surface area contributed by atoms with Crippen molar-refractivity contribution in [3.05, 3.63) is 83.8 Å². The Morgan fingerprint density at radius 1 is 1.09 bits per heavy atom. The lowest BCUT2D eigenvalue weighted by Gasteiger charge is -2.31. The van der Waals surface area contributed by atoms with Gasteiger partial charge in [0.15, 0.2) is 5.58 Å². The Hall–Kier alpha value is -3.87. The highest BCUT2D eigenvalue weighted by Crippen LogP contribution is 2.32. The Morgan fingerprint density at radius 2 is 1.86 bits per heavy atom. The molecule has 0 aliphatic carbocycles. The Bertz CT molecular complexity index is 1340. The molecule has 1 aliphatic rings. The molecule has 1 fully saturated rings. The average molecular weight is 475 g/mol. The summed E-state index contributed by atoms with van der Waals surface area (Å²) in [6.45, 7) is 3.54. The molecule has 1 saturated heterocycles. The molecule has 2 aromatic heterocycles. The van der Waals surface area contributed by atoms with Gasteiger partial charge in [0, 0.05) is 37.3 Å². The fraction of sp³-hybridized carbons (Fsp3) is 0.286. The summed E-state index contributed by atoms with van der Waals surface area (Å²) in [5.74, 6) is -0.393. The fourth-order valence-corrected chi connectivity index (χ4v) is 4.69. The third kappa shape index (κ3) is 4.71. The van der Waals surface area contributed by atoms with Gasteiger partial charge >= 0.3 is 5.97 Å². The van der Waals surface area contributed by atoms with Crippen LogP contribution >= 0.6 is 0 Å². The van der Waals surface area contributed by atoms with Crippen molar-refractivity contribution in [1.29, 1.82) is 0 Å². The summed E-state index contributed by atoms with van der Waals surface area (Å²) in [4.78, 5) is 27.7. The van der Waals surface area contributed by atoms with Gasteiger partial charge in [-0.15, -0.1) is 0 Å². The van der Waals surface area contributed by atoms with E-state index >= 15 is 0 Å². The third-order valence-electron chi connectivity index (χ3n) is 6.45. The maximum atomic E-state index is 13.7. The second-order valence-electron chi connectivity index (χ2n) is 8.81. The molecule has 7 heteroatoms. The van der Waals surface area contributed by atoms with E-state index < -0.39 is 0 Å². The van der Waals surface area contributed by atoms with Crippen molar-refractivity contribution in [3.8, 4) is 11.3 Å². The van der Waals surface area contributed by atoms with E-state index in [1.165, 1.54) is 12.1 Å². The molecule has 1 atom stereocenters. The van der Waals surface area contributed by atoms with E-state index in [0.29, 0.717) is 43.3 Å². The van der Waals surface area contributed by atoms with Crippen molar-refractivity contribution in [3.63, 3.8) is 0 Å². The third-order valence-corrected chi connectivity index (χ3v) is 6.45. The number of carbonyl (C=O) groups is 2. The summed E-state index contributed by atoms with van der Waals surface area (Å²) in [5, 5.41) is 0. The van der Waals surface area contributed by atoms with Gasteiger partial charge in [-0.25, -0.2) is 4.39 Å². The topological polar surface area (TPSA) is 64.7 Å². The maximum absolute atomic E-state index is 13.7. The molecule has 0 radical (unpaired) electrons. The van der Waals surface area contributed by atoms with Crippen LogP contribution in [0.5, 0.6) is 0 Å². The molecule has 0 bridgehead atoms. The Labute approximate surface area is 202 Å². The van der Waals surface area contributed by atoms with E-state index in [4.69, 9.17) is 9.15 Å². The molecule has 0 N–H and O–H groups in total. The summed E-state index contributed by atoms with van der Waals surface area (Å²) in [7, 11) is 0. The molecule has 1 unspecified atom stereocenters. The normalized spacial score (nSPS) is 15.9. The summed E-state index contributed by atoms with van der Waals surface area (Å²) >= 11 is 0. The number of aromatic nitrogens is 1. The number of carbonyl (C=O) groups excluding carboxylic acids is 2. The van der Waals surface area contributed by atoms with E-state index in [-0.39, 0.29) is 23.6 Å². The standard InChI is InChI=1S/C28H27FN2O4/c1-2-34-28(33)21-9-6-14-30(18-21)27(32)24-16-26-23(31(24)17-19-7-4-3-5-8-19)15-25(35-26)20-10-12-22(29)13-11-20/h3-5,7-8,10-13,15-16,21H,2,6,9,14,17-18H2,1H3. The Balaban J connectivity index is 1.50. The SMILES string of the molecule is CCOC(=O)C1CCCN(C(=O)c2cc3oc(-c4ccc(F)cc4)cc3n2Cc2ccccc2)C1. The van der Waals surface area contributed by atoms with Crippen molar-refractivity contribution in [2.45, 2.75) is 26.3 Å². The highest BCUT2D eigenvalue weighted by molar-refractivity contribution is 5.98. The fourth-order valence-electron chi connectivity index (χ4n) is 4.69. The largest absolute Gasteiger partial charge is 0.466 e. The van der Waals surface area contributed by atoms with Crippen molar-refractivity contribution >= 4 is 23.0 Å². The van der Waals surface area contributed by atoms with Crippen LogP contribution in [-0.2, 0) is 16.1 Å². The summed E-state index contributed by atoms with van der Waals surface area (Å²) in [5.41, 5.74) is 3.69. The molecule has 5 rings (SSSR count). The summed E-state index contributed by atoms with van der Waals surface area (Å²) in [6.07, 6.45) is 1.47. The minimum absolute atomic E-state index is 0.135. The number of halogens is 1. The maximum Gasteiger partial charge on any atom is 0.310 e. The van der Waals surface area contributed by atoms with Crippen LogP contribution < -0.4 is 0 Å². The molecular formula is C28H27FN2O4. The number of rotatable bonds is 6. The Morgan fingerprint density at radius 3 is 2.60 bits per heavy atom. The number of esters is 1. The van der Waals surface area contributed by atoms with Crippen LogP contribution in [0.1, 0.15) is 35.8 Å². The van der Waals surface area contributed by atoms with Gasteiger partial charge in [-0.2, -0.15) is 0 Å². The molecule has 35 heavy (non-hydrogen) atoms. The van der Waals surface area contributed by atoms with Crippen LogP contribution in [0.2, 0.25) is 0 Å². The first-order valence-electron chi connectivity index (χ1n) is 11.9. The zero-order chi connectivity index (χ0) is 24.4. The minimum atomic E-state index is -0.311. The average Bonchev–Trinajstić information content (AvgIpc) is 3.44. The molecule has 6 nitrogen and oxygen atoms in total. The lowest BCUT2D eigenvalue weighted by Crippen LogP contribution is -2.43. The summed E-state index contributed by atoms with van der Waals surface area (Å²) in [6, 6.07) is 19.7. The lowest BCUT2D eigenvalue weighted by molar-refractivity contribution is -0.149. The van der Waals surface area contributed by atoms with E-state index in [1.807, 2.05) is 41.0 Å². The van der Waals surface area contributed by atoms with Gasteiger partial charge in [-0.3, -0.25) is 9.59 Å². The Kier molecular flexibility index (Phi) is 6.40. The van der Waals surface area contributed by atoms with Crippen LogP contribution in [-0.4, -0.2) is 41.0 Å². The van der Waals surface area contributed by atoms with Gasteiger partial charge in [0.05, 0.1) is 18.0 Å². The number of benzene rings is 2. The highest BCUT2D eigenvalue weighted by Gasteiger charge is 2.32. The van der Waals surface area contributed by atoms with Crippen molar-refractivity contribution in [2.75, 3.05) is 19.7 Å². The number of amides is 1. The van der Waals surface area contributed by atoms with Crippen LogP contribution in [0, 0.1) is 11.7 Å². The van der Waals surface area contributed by atoms with Gasteiger partial charge < -0.3 is 18.6 Å². The molecule has 2 aromatic carbocycles. The van der Waals surface area contributed by atoms with Crippen molar-refractivity contribution < 1.29 is 23.1 Å². The van der Waals surface area contributed by atoms with Gasteiger partial charge in [0.2, 0.25) is 0 Å². The van der Waals surface area contributed by atoms with Crippen molar-refractivity contribution in [2.24, 2.45) is 5.92 Å². The minimum Gasteiger partial charge on any atom is -0.466 e. The van der Waals surface area contributed by atoms with E-state index in [9.17, 15) is 14.0 Å². The van der Waals surface area contributed by atoms with Crippen LogP contribution in [0.25, 0.3) is 22.4 Å². The predicted octanol–water partition coefficient (Wildman–Crippen LogP) is 5.50. The molecule has 0 saturated carbocycles. The molecule has 3 heterocycles. The molecule has 0 spiro atoms. The zero-order valence-electron chi connectivity index (χ0n) is 19.6. The van der Waals surface area contributed by atoms with E-state index in [2.05, 4.69) is 0 Å². The number of ether oxygens (including phenoxy) is 1. The first-order chi connectivity index (χ1) is 17.0. The number of nitrogens with zero attached hydrogens (tertiary/aromatic N) is 2. The monoisotopic (exact) mass is 474 g/mol. The summed E-state index contributed by atoms with van der Waals surface area (Å²) < 4.78 is 26.6. The predicted molar refractivity (Wildman–Crippen MR) is 130 cm³/mol. The van der Waals surface area contributed by atoms with E-state index in [0.717, 1.165) is 29.5 Å². The van der Waals surface area contributed by atoms with Crippen LogP contribution in [0.15, 0.2) is 71.1 Å². The molecule has 180 valence electrons. The quantitative estimate of drug-likeness (QED) is 0.346. The van der Waals surface area contributed by atoms with Gasteiger partial charge in [0.25, 0.3) is 5.91 Å². The second kappa shape index (κ2) is 9.78. The zero-order valence-corrected chi connectivity index (χ0v) is 19.6. The van der Waals surface area contributed by atoms with Crippen LogP contribution in [0.4, 0.5) is 4.39 Å². The van der Waals surface area contributed by atoms with E-state index in [1.54, 1.807) is 30.0 Å². The number of likely N-dealkylation sites (tertiary alicyclic amines) is 1. The lowest BCUT2D eigenvalue weighted by atomic mass is 9.98. The number of hydrogen-bond acceptors (Lipinski definition) is 4. The number of fused-ring (bicyclic) bond motifs is 1. The molecular weight excluding hydrogens is 447 g/mol. The molecule has 1 aliphatic heterocycles. The first kappa shape index (κ1) is 22.9. The van der Waals surface area contributed by atoms with Gasteiger partial charge in [-0.05, 0) is 49.6 Å². The first-order valence-corrected chi connectivity index (χ1v) is 11.9. The number of furan rings is 1. The van der Waals surface area contributed by atoms with Crippen molar-refractivity contribution in [1.82, 2.24) is 9.47 Å². The second-order valence-corrected chi connectivity index (χ2v) is 8.81. The number of piperidine rings is 1.